The minimum Gasteiger partial charge on any atom is -0.457 e. The van der Waals surface area contributed by atoms with Crippen LogP contribution in [0.15, 0.2) is 53.8 Å². The summed E-state index contributed by atoms with van der Waals surface area (Å²) in [5.74, 6) is 4.32. The molecule has 7 rings (SSSR count). The van der Waals surface area contributed by atoms with Crippen LogP contribution in [0.4, 0.5) is 9.59 Å². The van der Waals surface area contributed by atoms with Crippen molar-refractivity contribution in [3.63, 3.8) is 0 Å². The molecule has 14 nitrogen and oxygen atoms in total. The lowest BCUT2D eigenvalue weighted by Gasteiger charge is -2.35. The molecule has 3 N–H and O–H groups in total. The SMILES string of the molecule is CC[C@H](C)[C@H](NC(=O)OC)C(=O)N1CSC[C@H]1C1=NC=C(c2ccc3c(c2)Oc2ccc(-c4cnc([C@@H]5CSCN5C(=O)[C@@H](NC(=O)OC)[C@@H](C)CC)[nH]4)cc2C3(C)C)C1. The fourth-order valence-corrected chi connectivity index (χ4v) is 10.6. The van der Waals surface area contributed by atoms with Crippen molar-refractivity contribution in [1.82, 2.24) is 30.4 Å². The number of hydrogen-bond acceptors (Lipinski definition) is 11. The number of hydrogen-bond donors (Lipinski definition) is 3. The first-order valence-corrected chi connectivity index (χ1v) is 22.8. The van der Waals surface area contributed by atoms with E-state index >= 15 is 0 Å². The van der Waals surface area contributed by atoms with E-state index in [0.717, 1.165) is 69.3 Å². The molecule has 0 aliphatic carbocycles. The summed E-state index contributed by atoms with van der Waals surface area (Å²) in [7, 11) is 2.60. The van der Waals surface area contributed by atoms with Crippen molar-refractivity contribution in [1.29, 1.82) is 0 Å². The third-order valence-corrected chi connectivity index (χ3v) is 14.5. The van der Waals surface area contributed by atoms with Gasteiger partial charge in [0.25, 0.3) is 0 Å². The van der Waals surface area contributed by atoms with Crippen LogP contribution in [0, 0.1) is 11.8 Å². The van der Waals surface area contributed by atoms with Gasteiger partial charge in [-0.3, -0.25) is 14.6 Å². The van der Waals surface area contributed by atoms with Crippen LogP contribution in [0.2, 0.25) is 0 Å². The number of allylic oxidation sites excluding steroid dienone is 1. The highest BCUT2D eigenvalue weighted by molar-refractivity contribution is 7.99. The van der Waals surface area contributed by atoms with Gasteiger partial charge in [0.05, 0.1) is 49.9 Å². The topological polar surface area (TPSA) is 168 Å². The van der Waals surface area contributed by atoms with E-state index in [0.29, 0.717) is 29.8 Å². The molecule has 4 amide bonds. The van der Waals surface area contributed by atoms with Crippen molar-refractivity contribution in [3.8, 4) is 22.8 Å². The Kier molecular flexibility index (Phi) is 12.9. The van der Waals surface area contributed by atoms with Gasteiger partial charge in [0.15, 0.2) is 0 Å². The number of H-pyrrole nitrogens is 1. The van der Waals surface area contributed by atoms with Crippen LogP contribution in [0.3, 0.4) is 0 Å². The van der Waals surface area contributed by atoms with E-state index in [4.69, 9.17) is 24.2 Å². The molecule has 0 spiro atoms. The molecule has 5 heterocycles. The third kappa shape index (κ3) is 8.37. The zero-order valence-corrected chi connectivity index (χ0v) is 37.1. The highest BCUT2D eigenvalue weighted by Crippen LogP contribution is 2.50. The molecule has 4 aliphatic heterocycles. The van der Waals surface area contributed by atoms with Crippen LogP contribution < -0.4 is 15.4 Å². The van der Waals surface area contributed by atoms with Crippen molar-refractivity contribution in [2.45, 2.75) is 90.4 Å². The summed E-state index contributed by atoms with van der Waals surface area (Å²) in [6.45, 7) is 12.3. The molecule has 2 fully saturated rings. The number of aromatic amines is 1. The number of carbonyl (C=O) groups excluding carboxylic acids is 4. The Morgan fingerprint density at radius 2 is 1.45 bits per heavy atom. The van der Waals surface area contributed by atoms with Gasteiger partial charge in [-0.2, -0.15) is 0 Å². The van der Waals surface area contributed by atoms with Crippen LogP contribution in [-0.2, 0) is 24.5 Å². The molecule has 0 radical (unpaired) electrons. The third-order valence-electron chi connectivity index (χ3n) is 12.5. The molecule has 16 heteroatoms. The quantitative estimate of drug-likeness (QED) is 0.164. The standard InChI is InChI=1S/C44H55N7O7S2/c1-9-24(3)37(48-42(54)56-7)40(52)50-22-59-20-33(50)31-16-28(18-45-31)26-11-13-29-36(17-26)58-35-14-12-27(15-30(35)44(29,5)6)32-19-46-39(47-32)34-21-60-23-51(34)41(53)38(25(4)10-2)49-43(55)57-8/h11-15,17-19,24-25,33-34,37-38H,9-10,16,20-23H2,1-8H3,(H,46,47)(H,48,54)(H,49,55)/t24-,25-,33-,34-,37-,38-/m0/s1. The van der Waals surface area contributed by atoms with Gasteiger partial charge in [-0.25, -0.2) is 14.6 Å². The number of nitrogens with zero attached hydrogens (tertiary/aromatic N) is 4. The summed E-state index contributed by atoms with van der Waals surface area (Å²) < 4.78 is 16.3. The van der Waals surface area contributed by atoms with Crippen LogP contribution in [0.25, 0.3) is 16.8 Å². The van der Waals surface area contributed by atoms with Gasteiger partial charge < -0.3 is 39.6 Å². The van der Waals surface area contributed by atoms with Gasteiger partial charge in [-0.05, 0) is 47.2 Å². The molecule has 1 aromatic heterocycles. The average molecular weight is 858 g/mol. The number of imidazole rings is 1. The van der Waals surface area contributed by atoms with Crippen molar-refractivity contribution < 1.29 is 33.4 Å². The lowest BCUT2D eigenvalue weighted by molar-refractivity contribution is -0.135. The molecule has 3 aromatic rings. The second-order valence-electron chi connectivity index (χ2n) is 16.4. The fourth-order valence-electron chi connectivity index (χ4n) is 8.26. The summed E-state index contributed by atoms with van der Waals surface area (Å²) in [4.78, 5) is 68.7. The van der Waals surface area contributed by atoms with E-state index in [1.165, 1.54) is 14.2 Å². The Morgan fingerprint density at radius 1 is 0.850 bits per heavy atom. The number of thioether (sulfide) groups is 2. The molecule has 320 valence electrons. The van der Waals surface area contributed by atoms with E-state index in [2.05, 4.69) is 53.7 Å². The smallest absolute Gasteiger partial charge is 0.407 e. The number of fused-ring (bicyclic) bond motifs is 2. The highest BCUT2D eigenvalue weighted by Gasteiger charge is 2.41. The molecule has 0 bridgehead atoms. The lowest BCUT2D eigenvalue weighted by atomic mass is 9.75. The Bertz CT molecular complexity index is 2210. The van der Waals surface area contributed by atoms with Crippen molar-refractivity contribution in [3.05, 3.63) is 71.3 Å². The van der Waals surface area contributed by atoms with Crippen LogP contribution in [0.1, 0.15) is 89.4 Å². The van der Waals surface area contributed by atoms with Crippen LogP contribution >= 0.6 is 23.5 Å². The molecular formula is C44H55N7O7S2. The van der Waals surface area contributed by atoms with Gasteiger partial charge in [-0.15, -0.1) is 23.5 Å². The first kappa shape index (κ1) is 43.1. The minimum absolute atomic E-state index is 0.0598. The van der Waals surface area contributed by atoms with Crippen molar-refractivity contribution in [2.75, 3.05) is 37.5 Å². The van der Waals surface area contributed by atoms with Crippen LogP contribution in [-0.4, -0.2) is 105 Å². The average Bonchev–Trinajstić information content (AvgIpc) is 4.10. The zero-order valence-electron chi connectivity index (χ0n) is 35.5. The highest BCUT2D eigenvalue weighted by atomic mass is 32.2. The number of aliphatic imine (C=N–C) groups is 1. The number of alkyl carbamates (subject to hydrolysis) is 2. The maximum absolute atomic E-state index is 13.8. The number of aromatic nitrogens is 2. The second-order valence-corrected chi connectivity index (χ2v) is 18.4. The Morgan fingerprint density at radius 3 is 2.07 bits per heavy atom. The molecule has 6 atom stereocenters. The molecular weight excluding hydrogens is 803 g/mol. The maximum atomic E-state index is 13.8. The number of benzene rings is 2. The number of amides is 4. The Balaban J connectivity index is 1.05. The summed E-state index contributed by atoms with van der Waals surface area (Å²) in [6, 6.07) is 10.7. The van der Waals surface area contributed by atoms with Gasteiger partial charge in [0, 0.05) is 51.9 Å². The number of methoxy groups -OCH3 is 2. The number of rotatable bonds is 12. The first-order valence-electron chi connectivity index (χ1n) is 20.5. The molecule has 60 heavy (non-hydrogen) atoms. The summed E-state index contributed by atoms with van der Waals surface area (Å²) in [5, 5.41) is 5.52. The number of ether oxygens (including phenoxy) is 3. The van der Waals surface area contributed by atoms with Gasteiger partial charge in [0.2, 0.25) is 11.8 Å². The zero-order chi connectivity index (χ0) is 42.9. The lowest BCUT2D eigenvalue weighted by Crippen LogP contribution is -2.54. The second kappa shape index (κ2) is 17.9. The summed E-state index contributed by atoms with van der Waals surface area (Å²) >= 11 is 3.35. The minimum atomic E-state index is -0.702. The van der Waals surface area contributed by atoms with E-state index in [1.54, 1.807) is 28.4 Å². The molecule has 2 saturated heterocycles. The Hall–Kier alpha value is -4.96. The Labute approximate surface area is 360 Å². The molecule has 0 unspecified atom stereocenters. The first-order chi connectivity index (χ1) is 28.8. The van der Waals surface area contributed by atoms with Crippen molar-refractivity contribution >= 4 is 58.8 Å². The van der Waals surface area contributed by atoms with Crippen molar-refractivity contribution in [2.24, 2.45) is 16.8 Å². The fraction of sp³-hybridized carbons (Fsp3) is 0.500. The monoisotopic (exact) mass is 857 g/mol. The molecule has 2 aromatic carbocycles. The number of nitrogens with one attached hydrogen (secondary N) is 3. The van der Waals surface area contributed by atoms with E-state index in [-0.39, 0.29) is 41.1 Å². The van der Waals surface area contributed by atoms with Gasteiger partial charge in [-0.1, -0.05) is 66.5 Å². The predicted molar refractivity (Wildman–Crippen MR) is 235 cm³/mol. The predicted octanol–water partition coefficient (Wildman–Crippen LogP) is 7.71. The summed E-state index contributed by atoms with van der Waals surface area (Å²) in [5.41, 5.74) is 6.50. The largest absolute Gasteiger partial charge is 0.457 e. The summed E-state index contributed by atoms with van der Waals surface area (Å²) in [6.07, 6.45) is 4.53. The maximum Gasteiger partial charge on any atom is 0.407 e. The van der Waals surface area contributed by atoms with E-state index in [9.17, 15) is 19.2 Å². The van der Waals surface area contributed by atoms with Gasteiger partial charge in [0.1, 0.15) is 29.4 Å². The molecule has 4 aliphatic rings. The normalized spacial score (nSPS) is 21.1. The van der Waals surface area contributed by atoms with Crippen LogP contribution in [0.5, 0.6) is 11.5 Å². The number of carbonyl (C=O) groups is 4. The van der Waals surface area contributed by atoms with Gasteiger partial charge >= 0.3 is 12.2 Å². The molecule has 0 saturated carbocycles. The van der Waals surface area contributed by atoms with E-state index in [1.807, 2.05) is 57.1 Å². The van der Waals surface area contributed by atoms with E-state index < -0.39 is 24.3 Å².